The Labute approximate surface area is 119 Å². The molecule has 0 fully saturated rings. The average molecular weight is 354 g/mol. The van der Waals surface area contributed by atoms with Crippen LogP contribution in [0.1, 0.15) is 10.4 Å². The Morgan fingerprint density at radius 3 is 2.24 bits per heavy atom. The number of carbonyl (C=O) groups excluding carboxylic acids is 1. The molecule has 1 heterocycles. The summed E-state index contributed by atoms with van der Waals surface area (Å²) in [6.07, 6.45) is 2.75. The van der Waals surface area contributed by atoms with E-state index in [4.69, 9.17) is 5.11 Å². The highest BCUT2D eigenvalue weighted by Crippen LogP contribution is 1.90. The van der Waals surface area contributed by atoms with Gasteiger partial charge in [0.25, 0.3) is 0 Å². The minimum Gasteiger partial charge on any atom is -0.545 e. The zero-order valence-electron chi connectivity index (χ0n) is 10.3. The second kappa shape index (κ2) is 9.32. The lowest BCUT2D eigenvalue weighted by Crippen LogP contribution is -2.36. The molecule has 0 unspecified atom stereocenters. The third kappa shape index (κ3) is 11.5. The number of halogens is 1. The molecule has 0 aliphatic carbocycles. The SMILES string of the molecule is C[N+](C)(C)CCO.I.O=C([O-])c1cccnc1. The number of carboxylic acids is 1. The number of pyridine rings is 1. The van der Waals surface area contributed by atoms with Gasteiger partial charge >= 0.3 is 0 Å². The van der Waals surface area contributed by atoms with Gasteiger partial charge < -0.3 is 19.5 Å². The summed E-state index contributed by atoms with van der Waals surface area (Å²) in [7, 11) is 6.16. The second-order valence-corrected chi connectivity index (χ2v) is 4.27. The van der Waals surface area contributed by atoms with Crippen molar-refractivity contribution in [3.8, 4) is 0 Å². The summed E-state index contributed by atoms with van der Waals surface area (Å²) in [5.41, 5.74) is 0.109. The number of aromatic nitrogens is 1. The van der Waals surface area contributed by atoms with E-state index >= 15 is 0 Å². The number of carboxylic acid groups (broad SMARTS) is 1. The first-order chi connectivity index (χ1) is 7.37. The molecule has 17 heavy (non-hydrogen) atoms. The average Bonchev–Trinajstić information content (AvgIpc) is 2.18. The van der Waals surface area contributed by atoms with Crippen molar-refractivity contribution in [3.63, 3.8) is 0 Å². The quantitative estimate of drug-likeness (QED) is 0.600. The van der Waals surface area contributed by atoms with Gasteiger partial charge in [0, 0.05) is 18.0 Å². The number of hydrogen-bond donors (Lipinski definition) is 1. The van der Waals surface area contributed by atoms with Gasteiger partial charge in [-0.1, -0.05) is 6.07 Å². The maximum Gasteiger partial charge on any atom is 0.101 e. The van der Waals surface area contributed by atoms with Gasteiger partial charge in [0.05, 0.1) is 33.7 Å². The van der Waals surface area contributed by atoms with Crippen molar-refractivity contribution in [1.29, 1.82) is 0 Å². The number of quaternary nitrogens is 1. The summed E-state index contributed by atoms with van der Waals surface area (Å²) < 4.78 is 0.844. The lowest BCUT2D eigenvalue weighted by Gasteiger charge is -2.21. The summed E-state index contributed by atoms with van der Waals surface area (Å²) in [5.74, 6) is -1.19. The maximum absolute atomic E-state index is 10.0. The van der Waals surface area contributed by atoms with E-state index in [-0.39, 0.29) is 36.1 Å². The van der Waals surface area contributed by atoms with E-state index in [0.717, 1.165) is 11.0 Å². The van der Waals surface area contributed by atoms with E-state index in [0.29, 0.717) is 0 Å². The summed E-state index contributed by atoms with van der Waals surface area (Å²) >= 11 is 0. The molecule has 0 saturated carbocycles. The zero-order chi connectivity index (χ0) is 12.6. The van der Waals surface area contributed by atoms with E-state index in [9.17, 15) is 9.90 Å². The molecule has 0 aliphatic heterocycles. The highest BCUT2D eigenvalue weighted by atomic mass is 127. The molecule has 6 heteroatoms. The molecule has 0 atom stereocenters. The molecule has 0 aliphatic rings. The minimum absolute atomic E-state index is 0. The van der Waals surface area contributed by atoms with E-state index in [2.05, 4.69) is 26.1 Å². The number of nitrogens with zero attached hydrogens (tertiary/aromatic N) is 2. The lowest BCUT2D eigenvalue weighted by atomic mass is 10.3. The van der Waals surface area contributed by atoms with Gasteiger partial charge in [-0.05, 0) is 6.07 Å². The molecule has 0 amide bonds. The number of aliphatic hydroxyl groups excluding tert-OH is 1. The van der Waals surface area contributed by atoms with Crippen molar-refractivity contribution in [1.82, 2.24) is 4.98 Å². The normalized spacial score (nSPS) is 9.65. The topological polar surface area (TPSA) is 73.2 Å². The number of aliphatic hydroxyl groups is 1. The Kier molecular flexibility index (Phi) is 10.2. The van der Waals surface area contributed by atoms with Crippen molar-refractivity contribution in [2.75, 3.05) is 34.3 Å². The summed E-state index contributed by atoms with van der Waals surface area (Å²) in [4.78, 5) is 13.6. The minimum atomic E-state index is -1.19. The van der Waals surface area contributed by atoms with Crippen LogP contribution in [0.2, 0.25) is 0 Å². The van der Waals surface area contributed by atoms with Gasteiger partial charge in [0.2, 0.25) is 0 Å². The molecule has 1 rings (SSSR count). The van der Waals surface area contributed by atoms with Crippen LogP contribution in [0.5, 0.6) is 0 Å². The predicted molar refractivity (Wildman–Crippen MR) is 74.0 cm³/mol. The number of hydrogen-bond acceptors (Lipinski definition) is 4. The third-order valence-electron chi connectivity index (χ3n) is 1.67. The molecule has 0 spiro atoms. The van der Waals surface area contributed by atoms with Crippen LogP contribution in [0, 0.1) is 0 Å². The molecular weight excluding hydrogens is 335 g/mol. The van der Waals surface area contributed by atoms with Crippen molar-refractivity contribution in [2.45, 2.75) is 0 Å². The van der Waals surface area contributed by atoms with Crippen molar-refractivity contribution in [2.24, 2.45) is 0 Å². The molecule has 98 valence electrons. The first-order valence-corrected chi connectivity index (χ1v) is 4.89. The number of carbonyl (C=O) groups is 1. The smallest absolute Gasteiger partial charge is 0.101 e. The summed E-state index contributed by atoms with van der Waals surface area (Å²) in [6.45, 7) is 1.11. The van der Waals surface area contributed by atoms with Crippen molar-refractivity contribution >= 4 is 29.9 Å². The van der Waals surface area contributed by atoms with Crippen molar-refractivity contribution < 1.29 is 19.5 Å². The first kappa shape index (κ1) is 18.6. The van der Waals surface area contributed by atoms with Gasteiger partial charge in [-0.2, -0.15) is 0 Å². The number of rotatable bonds is 3. The van der Waals surface area contributed by atoms with Gasteiger partial charge in [-0.15, -0.1) is 24.0 Å². The van der Waals surface area contributed by atoms with Gasteiger partial charge in [0.15, 0.2) is 0 Å². The number of aromatic carboxylic acids is 1. The fourth-order valence-electron chi connectivity index (χ4n) is 0.784. The van der Waals surface area contributed by atoms with Gasteiger partial charge in [0.1, 0.15) is 6.54 Å². The molecule has 1 N–H and O–H groups in total. The lowest BCUT2D eigenvalue weighted by molar-refractivity contribution is -0.870. The van der Waals surface area contributed by atoms with Crippen molar-refractivity contribution in [3.05, 3.63) is 30.1 Å². The van der Waals surface area contributed by atoms with Gasteiger partial charge in [-0.3, -0.25) is 4.98 Å². The van der Waals surface area contributed by atoms with E-state index in [1.165, 1.54) is 18.5 Å². The molecule has 0 radical (unpaired) electrons. The highest BCUT2D eigenvalue weighted by Gasteiger charge is 2.02. The Morgan fingerprint density at radius 1 is 1.47 bits per heavy atom. The summed E-state index contributed by atoms with van der Waals surface area (Å²) in [5, 5.41) is 18.4. The maximum atomic E-state index is 10.0. The standard InChI is InChI=1S/C6H5NO2.C5H14NO.HI/c8-6(9)5-2-1-3-7-4-5;1-6(2,3)4-5-7;/h1-4H,(H,8,9);7H,4-5H2,1-3H3;1H/q;+1;/p-1. The monoisotopic (exact) mass is 354 g/mol. The first-order valence-electron chi connectivity index (χ1n) is 4.89. The molecule has 0 bridgehead atoms. The van der Waals surface area contributed by atoms with Gasteiger partial charge in [-0.25, -0.2) is 0 Å². The molecule has 1 aromatic heterocycles. The Morgan fingerprint density at radius 2 is 2.06 bits per heavy atom. The molecule has 1 aromatic rings. The van der Waals surface area contributed by atoms with E-state index in [1.54, 1.807) is 6.07 Å². The Balaban J connectivity index is 0. The van der Waals surface area contributed by atoms with E-state index < -0.39 is 5.97 Å². The van der Waals surface area contributed by atoms with Crippen LogP contribution < -0.4 is 5.11 Å². The van der Waals surface area contributed by atoms with Crippen LogP contribution in [0.4, 0.5) is 0 Å². The second-order valence-electron chi connectivity index (χ2n) is 4.27. The molecule has 0 aromatic carbocycles. The van der Waals surface area contributed by atoms with Crippen LogP contribution in [-0.2, 0) is 0 Å². The molecule has 0 saturated heterocycles. The van der Waals surface area contributed by atoms with Crippen LogP contribution in [-0.4, -0.2) is 54.8 Å². The molecule has 5 nitrogen and oxygen atoms in total. The van der Waals surface area contributed by atoms with Crippen LogP contribution in [0.25, 0.3) is 0 Å². The predicted octanol–water partition coefficient (Wildman–Crippen LogP) is -0.252. The highest BCUT2D eigenvalue weighted by molar-refractivity contribution is 14.0. The molecular formula is C11H19IN2O3. The Bertz CT molecular complexity index is 312. The third-order valence-corrected chi connectivity index (χ3v) is 1.67. The Hall–Kier alpha value is -0.730. The van der Waals surface area contributed by atoms with Crippen LogP contribution >= 0.6 is 24.0 Å². The summed E-state index contributed by atoms with van der Waals surface area (Å²) in [6, 6.07) is 2.98. The fourth-order valence-corrected chi connectivity index (χ4v) is 0.784. The zero-order valence-corrected chi connectivity index (χ0v) is 12.6. The number of likely N-dealkylation sites (N-methyl/N-ethyl adjacent to an activating group) is 1. The largest absolute Gasteiger partial charge is 0.545 e. The fraction of sp³-hybridized carbons (Fsp3) is 0.455. The van der Waals surface area contributed by atoms with Crippen LogP contribution in [0.3, 0.4) is 0 Å². The van der Waals surface area contributed by atoms with Crippen LogP contribution in [0.15, 0.2) is 24.5 Å². The van der Waals surface area contributed by atoms with E-state index in [1.807, 2.05) is 0 Å².